The lowest BCUT2D eigenvalue weighted by molar-refractivity contribution is 0.885. The number of hydrogen-bond acceptors (Lipinski definition) is 3. The van der Waals surface area contributed by atoms with Gasteiger partial charge < -0.3 is 10.6 Å². The molecule has 3 nitrogen and oxygen atoms in total. The van der Waals surface area contributed by atoms with Crippen LogP contribution in [0.4, 0.5) is 11.4 Å². The molecular formula is C14H17N3. The molecule has 2 N–H and O–H groups in total. The summed E-state index contributed by atoms with van der Waals surface area (Å²) in [5, 5.41) is 0. The summed E-state index contributed by atoms with van der Waals surface area (Å²) in [6, 6.07) is 12.1. The highest BCUT2D eigenvalue weighted by atomic mass is 15.1. The third-order valence-electron chi connectivity index (χ3n) is 2.83. The van der Waals surface area contributed by atoms with Crippen molar-refractivity contribution in [1.82, 2.24) is 4.98 Å². The first kappa shape index (κ1) is 11.5. The molecule has 0 fully saturated rings. The second kappa shape index (κ2) is 4.87. The van der Waals surface area contributed by atoms with Crippen molar-refractivity contribution in [3.05, 3.63) is 53.9 Å². The molecule has 0 radical (unpaired) electrons. The fourth-order valence-electron chi connectivity index (χ4n) is 1.69. The Balaban J connectivity index is 2.14. The molecule has 0 aliphatic carbocycles. The second-order valence-electron chi connectivity index (χ2n) is 4.22. The van der Waals surface area contributed by atoms with E-state index in [2.05, 4.69) is 16.0 Å². The Morgan fingerprint density at radius 3 is 2.71 bits per heavy atom. The maximum absolute atomic E-state index is 5.91. The van der Waals surface area contributed by atoms with E-state index >= 15 is 0 Å². The van der Waals surface area contributed by atoms with Crippen molar-refractivity contribution in [2.75, 3.05) is 17.7 Å². The van der Waals surface area contributed by atoms with Crippen LogP contribution < -0.4 is 10.6 Å². The van der Waals surface area contributed by atoms with Gasteiger partial charge in [-0.2, -0.15) is 0 Å². The molecular weight excluding hydrogens is 210 g/mol. The highest BCUT2D eigenvalue weighted by molar-refractivity contribution is 5.59. The minimum atomic E-state index is 0.781. The van der Waals surface area contributed by atoms with Gasteiger partial charge in [0.1, 0.15) is 0 Å². The molecule has 0 unspecified atom stereocenters. The fourth-order valence-corrected chi connectivity index (χ4v) is 1.69. The second-order valence-corrected chi connectivity index (χ2v) is 4.22. The smallest absolute Gasteiger partial charge is 0.0598 e. The Labute approximate surface area is 102 Å². The number of hydrogen-bond donors (Lipinski definition) is 1. The molecule has 3 heteroatoms. The third kappa shape index (κ3) is 2.75. The summed E-state index contributed by atoms with van der Waals surface area (Å²) in [5.74, 6) is 0. The third-order valence-corrected chi connectivity index (χ3v) is 2.83. The molecule has 0 saturated carbocycles. The summed E-state index contributed by atoms with van der Waals surface area (Å²) in [5.41, 5.74) is 10.0. The van der Waals surface area contributed by atoms with Crippen LogP contribution in [0.1, 0.15) is 11.3 Å². The van der Waals surface area contributed by atoms with Crippen molar-refractivity contribution < 1.29 is 0 Å². The molecule has 0 atom stereocenters. The summed E-state index contributed by atoms with van der Waals surface area (Å²) >= 11 is 0. The van der Waals surface area contributed by atoms with Gasteiger partial charge in [0.05, 0.1) is 12.2 Å². The molecule has 0 spiro atoms. The number of aromatic nitrogens is 1. The van der Waals surface area contributed by atoms with E-state index in [1.165, 1.54) is 0 Å². The molecule has 0 aliphatic heterocycles. The predicted octanol–water partition coefficient (Wildman–Crippen LogP) is 2.61. The Morgan fingerprint density at radius 2 is 2.06 bits per heavy atom. The molecule has 2 aromatic rings. The predicted molar refractivity (Wildman–Crippen MR) is 71.9 cm³/mol. The van der Waals surface area contributed by atoms with E-state index in [-0.39, 0.29) is 0 Å². The molecule has 0 aliphatic rings. The number of nitrogen functional groups attached to an aromatic ring is 1. The summed E-state index contributed by atoms with van der Waals surface area (Å²) in [7, 11) is 2.04. The van der Waals surface area contributed by atoms with E-state index in [1.54, 1.807) is 0 Å². The van der Waals surface area contributed by atoms with Crippen LogP contribution in [0.3, 0.4) is 0 Å². The summed E-state index contributed by atoms with van der Waals surface area (Å²) in [4.78, 5) is 6.45. The number of rotatable bonds is 3. The lowest BCUT2D eigenvalue weighted by Gasteiger charge is -2.19. The molecule has 17 heavy (non-hydrogen) atoms. The van der Waals surface area contributed by atoms with Crippen LogP contribution in [0.5, 0.6) is 0 Å². The molecule has 88 valence electrons. The Hall–Kier alpha value is -2.03. The van der Waals surface area contributed by atoms with E-state index in [9.17, 15) is 0 Å². The average Bonchev–Trinajstić information content (AvgIpc) is 2.34. The van der Waals surface area contributed by atoms with Gasteiger partial charge in [-0.3, -0.25) is 4.98 Å². The molecule has 0 bridgehead atoms. The minimum Gasteiger partial charge on any atom is -0.398 e. The standard InChI is InChI=1S/C14H17N3/c1-11-6-7-13(9-14(11)15)17(2)10-12-5-3-4-8-16-12/h3-9H,10,15H2,1-2H3. The van der Waals surface area contributed by atoms with E-state index in [0.29, 0.717) is 0 Å². The Kier molecular flexibility index (Phi) is 3.28. The van der Waals surface area contributed by atoms with Crippen molar-refractivity contribution in [2.45, 2.75) is 13.5 Å². The lowest BCUT2D eigenvalue weighted by Crippen LogP contribution is -2.17. The first-order valence-corrected chi connectivity index (χ1v) is 5.64. The first-order chi connectivity index (χ1) is 8.16. The molecule has 1 aromatic heterocycles. The van der Waals surface area contributed by atoms with Gasteiger partial charge in [0.25, 0.3) is 0 Å². The van der Waals surface area contributed by atoms with Crippen LogP contribution in [-0.2, 0) is 6.54 Å². The van der Waals surface area contributed by atoms with E-state index in [4.69, 9.17) is 5.73 Å². The van der Waals surface area contributed by atoms with Crippen molar-refractivity contribution in [3.8, 4) is 0 Å². The molecule has 2 rings (SSSR count). The lowest BCUT2D eigenvalue weighted by atomic mass is 10.1. The number of benzene rings is 1. The number of nitrogens with zero attached hydrogens (tertiary/aromatic N) is 2. The van der Waals surface area contributed by atoms with E-state index < -0.39 is 0 Å². The zero-order valence-electron chi connectivity index (χ0n) is 10.2. The number of aryl methyl sites for hydroxylation is 1. The maximum atomic E-state index is 5.91. The maximum Gasteiger partial charge on any atom is 0.0598 e. The monoisotopic (exact) mass is 227 g/mol. The Bertz CT molecular complexity index is 494. The summed E-state index contributed by atoms with van der Waals surface area (Å²) in [6.07, 6.45) is 1.81. The minimum absolute atomic E-state index is 0.781. The van der Waals surface area contributed by atoms with Gasteiger partial charge in [-0.15, -0.1) is 0 Å². The first-order valence-electron chi connectivity index (χ1n) is 5.64. The number of nitrogens with two attached hydrogens (primary N) is 1. The van der Waals surface area contributed by atoms with Crippen LogP contribution in [0.15, 0.2) is 42.6 Å². The van der Waals surface area contributed by atoms with Crippen LogP contribution in [0.2, 0.25) is 0 Å². The normalized spacial score (nSPS) is 10.2. The van der Waals surface area contributed by atoms with Crippen molar-refractivity contribution in [3.63, 3.8) is 0 Å². The number of pyridine rings is 1. The van der Waals surface area contributed by atoms with Crippen LogP contribution >= 0.6 is 0 Å². The van der Waals surface area contributed by atoms with Gasteiger partial charge in [-0.25, -0.2) is 0 Å². The zero-order chi connectivity index (χ0) is 12.3. The van der Waals surface area contributed by atoms with Crippen LogP contribution in [-0.4, -0.2) is 12.0 Å². The van der Waals surface area contributed by atoms with Crippen LogP contribution in [0, 0.1) is 6.92 Å². The largest absolute Gasteiger partial charge is 0.398 e. The van der Waals surface area contributed by atoms with Crippen molar-refractivity contribution >= 4 is 11.4 Å². The highest BCUT2D eigenvalue weighted by Gasteiger charge is 2.04. The van der Waals surface area contributed by atoms with Gasteiger partial charge in [0.2, 0.25) is 0 Å². The fraction of sp³-hybridized carbons (Fsp3) is 0.214. The van der Waals surface area contributed by atoms with Gasteiger partial charge >= 0.3 is 0 Å². The van der Waals surface area contributed by atoms with Crippen molar-refractivity contribution in [1.29, 1.82) is 0 Å². The molecule has 0 amide bonds. The van der Waals surface area contributed by atoms with Gasteiger partial charge in [-0.05, 0) is 36.8 Å². The van der Waals surface area contributed by atoms with Crippen molar-refractivity contribution in [2.24, 2.45) is 0 Å². The molecule has 1 aromatic carbocycles. The molecule has 1 heterocycles. The highest BCUT2D eigenvalue weighted by Crippen LogP contribution is 2.20. The zero-order valence-corrected chi connectivity index (χ0v) is 10.2. The van der Waals surface area contributed by atoms with E-state index in [1.807, 2.05) is 50.5 Å². The van der Waals surface area contributed by atoms with Gasteiger partial charge in [-0.1, -0.05) is 12.1 Å². The van der Waals surface area contributed by atoms with Gasteiger partial charge in [0, 0.05) is 24.6 Å². The topological polar surface area (TPSA) is 42.2 Å². The Morgan fingerprint density at radius 1 is 1.24 bits per heavy atom. The summed E-state index contributed by atoms with van der Waals surface area (Å²) < 4.78 is 0. The quantitative estimate of drug-likeness (QED) is 0.819. The van der Waals surface area contributed by atoms with Gasteiger partial charge in [0.15, 0.2) is 0 Å². The summed E-state index contributed by atoms with van der Waals surface area (Å²) in [6.45, 7) is 2.79. The SMILES string of the molecule is Cc1ccc(N(C)Cc2ccccn2)cc1N. The average molecular weight is 227 g/mol. The van der Waals surface area contributed by atoms with E-state index in [0.717, 1.165) is 29.2 Å². The molecule has 0 saturated heterocycles. The van der Waals surface area contributed by atoms with Crippen LogP contribution in [0.25, 0.3) is 0 Å². The number of anilines is 2.